The number of nitrogens with one attached hydrogen (secondary N) is 2. The summed E-state index contributed by atoms with van der Waals surface area (Å²) in [4.78, 5) is 8.17. The highest BCUT2D eigenvalue weighted by Gasteiger charge is 2.19. The van der Waals surface area contributed by atoms with Gasteiger partial charge in [-0.25, -0.2) is 28.6 Å². The second kappa shape index (κ2) is 7.85. The zero-order chi connectivity index (χ0) is 18.4. The fourth-order valence-corrected chi connectivity index (χ4v) is 2.98. The lowest BCUT2D eigenvalue weighted by Gasteiger charge is -2.18. The molecular weight excluding hydrogens is 349 g/mol. The maximum Gasteiger partial charge on any atom is 0.223 e. The SMILES string of the molecule is CS(=O)(=O)CC(Nc1ncc(/C(=N/N)NN)cn1)c1ccc(F)cc1. The summed E-state index contributed by atoms with van der Waals surface area (Å²) in [5, 5.41) is 6.36. The van der Waals surface area contributed by atoms with Crippen molar-refractivity contribution in [2.45, 2.75) is 6.04 Å². The van der Waals surface area contributed by atoms with Crippen molar-refractivity contribution >= 4 is 21.6 Å². The largest absolute Gasteiger partial charge is 0.346 e. The lowest BCUT2D eigenvalue weighted by atomic mass is 10.1. The third kappa shape index (κ3) is 5.36. The molecule has 0 amide bonds. The molecule has 0 radical (unpaired) electrons. The topological polar surface area (TPSA) is 148 Å². The number of hydrogen-bond acceptors (Lipinski definition) is 8. The number of benzene rings is 1. The molecule has 2 rings (SSSR count). The monoisotopic (exact) mass is 367 g/mol. The Labute approximate surface area is 144 Å². The van der Waals surface area contributed by atoms with Crippen molar-refractivity contribution in [1.29, 1.82) is 0 Å². The number of hydrogen-bond donors (Lipinski definition) is 4. The predicted molar refractivity (Wildman–Crippen MR) is 92.6 cm³/mol. The van der Waals surface area contributed by atoms with Crippen molar-refractivity contribution in [2.24, 2.45) is 16.8 Å². The first kappa shape index (κ1) is 18.5. The normalized spacial score (nSPS) is 13.3. The minimum absolute atomic E-state index is 0.190. The van der Waals surface area contributed by atoms with Crippen molar-refractivity contribution in [1.82, 2.24) is 15.4 Å². The second-order valence-electron chi connectivity index (χ2n) is 5.26. The van der Waals surface area contributed by atoms with Crippen molar-refractivity contribution in [2.75, 3.05) is 17.3 Å². The van der Waals surface area contributed by atoms with Gasteiger partial charge in [-0.15, -0.1) is 0 Å². The van der Waals surface area contributed by atoms with Gasteiger partial charge >= 0.3 is 0 Å². The average Bonchev–Trinajstić information content (AvgIpc) is 2.56. The standard InChI is InChI=1S/C14H18FN7O2S/c1-25(23,24)8-12(9-2-4-11(15)5-3-9)20-14-18-6-10(7-19-14)13(21-16)22-17/h2-7,12H,8,16-17H2,1H3,(H,21,22)(H,18,19,20). The molecule has 9 nitrogen and oxygen atoms in total. The van der Waals surface area contributed by atoms with Gasteiger partial charge in [0.2, 0.25) is 5.95 Å². The van der Waals surface area contributed by atoms with E-state index in [4.69, 9.17) is 11.7 Å². The number of anilines is 1. The number of hydrazone groups is 1. The Morgan fingerprint density at radius 2 is 1.88 bits per heavy atom. The number of sulfone groups is 1. The lowest BCUT2D eigenvalue weighted by molar-refractivity contribution is 0.596. The van der Waals surface area contributed by atoms with E-state index in [0.717, 1.165) is 6.26 Å². The molecule has 134 valence electrons. The molecule has 1 unspecified atom stereocenters. The van der Waals surface area contributed by atoms with E-state index in [0.29, 0.717) is 11.1 Å². The molecule has 2 aromatic rings. The van der Waals surface area contributed by atoms with Gasteiger partial charge in [-0.2, -0.15) is 5.10 Å². The Bertz CT molecular complexity index is 838. The third-order valence-corrected chi connectivity index (χ3v) is 4.18. The molecule has 25 heavy (non-hydrogen) atoms. The molecule has 0 spiro atoms. The van der Waals surface area contributed by atoms with Crippen LogP contribution in [0.1, 0.15) is 17.2 Å². The number of nitrogens with zero attached hydrogens (tertiary/aromatic N) is 3. The zero-order valence-electron chi connectivity index (χ0n) is 13.3. The number of rotatable bonds is 6. The summed E-state index contributed by atoms with van der Waals surface area (Å²) in [6.45, 7) is 0. The minimum Gasteiger partial charge on any atom is -0.346 e. The van der Waals surface area contributed by atoms with Crippen molar-refractivity contribution in [3.63, 3.8) is 0 Å². The van der Waals surface area contributed by atoms with E-state index in [1.165, 1.54) is 36.7 Å². The zero-order valence-corrected chi connectivity index (χ0v) is 14.2. The second-order valence-corrected chi connectivity index (χ2v) is 7.44. The molecule has 1 atom stereocenters. The number of hydrazine groups is 1. The van der Waals surface area contributed by atoms with Gasteiger partial charge in [-0.1, -0.05) is 12.1 Å². The van der Waals surface area contributed by atoms with Crippen LogP contribution in [0.4, 0.5) is 10.3 Å². The highest BCUT2D eigenvalue weighted by atomic mass is 32.2. The molecule has 0 aliphatic carbocycles. The van der Waals surface area contributed by atoms with Crippen LogP contribution in [-0.2, 0) is 9.84 Å². The Kier molecular flexibility index (Phi) is 5.83. The van der Waals surface area contributed by atoms with E-state index < -0.39 is 21.7 Å². The molecule has 1 aromatic carbocycles. The summed E-state index contributed by atoms with van der Waals surface area (Å²) >= 11 is 0. The van der Waals surface area contributed by atoms with E-state index in [-0.39, 0.29) is 17.5 Å². The van der Waals surface area contributed by atoms with Crippen LogP contribution in [-0.4, -0.2) is 36.2 Å². The number of halogens is 1. The van der Waals surface area contributed by atoms with Crippen LogP contribution in [0.15, 0.2) is 41.8 Å². The summed E-state index contributed by atoms with van der Waals surface area (Å²) in [6, 6.07) is 4.88. The predicted octanol–water partition coefficient (Wildman–Crippen LogP) is -0.103. The minimum atomic E-state index is -3.31. The summed E-state index contributed by atoms with van der Waals surface area (Å²) in [5.74, 6) is 10.2. The van der Waals surface area contributed by atoms with Crippen molar-refractivity contribution in [3.05, 3.63) is 53.6 Å². The summed E-state index contributed by atoms with van der Waals surface area (Å²) in [7, 11) is -3.31. The first-order chi connectivity index (χ1) is 11.8. The Hall–Kier alpha value is -2.79. The highest BCUT2D eigenvalue weighted by Crippen LogP contribution is 2.19. The van der Waals surface area contributed by atoms with Crippen LogP contribution in [0.25, 0.3) is 0 Å². The van der Waals surface area contributed by atoms with Crippen LogP contribution < -0.4 is 22.4 Å². The molecule has 0 saturated carbocycles. The number of amidine groups is 1. The maximum absolute atomic E-state index is 13.1. The fourth-order valence-electron chi connectivity index (χ4n) is 2.09. The van der Waals surface area contributed by atoms with Crippen LogP contribution in [0.3, 0.4) is 0 Å². The van der Waals surface area contributed by atoms with Gasteiger partial charge in [-0.3, -0.25) is 0 Å². The van der Waals surface area contributed by atoms with Gasteiger partial charge < -0.3 is 16.6 Å². The molecule has 0 saturated heterocycles. The van der Waals surface area contributed by atoms with Crippen LogP contribution in [0.5, 0.6) is 0 Å². The Morgan fingerprint density at radius 3 is 2.36 bits per heavy atom. The van der Waals surface area contributed by atoms with Gasteiger partial charge in [0.1, 0.15) is 15.7 Å². The molecular formula is C14H18FN7O2S. The van der Waals surface area contributed by atoms with E-state index in [9.17, 15) is 12.8 Å². The molecule has 0 aliphatic rings. The molecule has 1 heterocycles. The van der Waals surface area contributed by atoms with Gasteiger partial charge in [0, 0.05) is 18.6 Å². The van der Waals surface area contributed by atoms with E-state index in [1.54, 1.807) is 0 Å². The molecule has 6 N–H and O–H groups in total. The van der Waals surface area contributed by atoms with Crippen LogP contribution >= 0.6 is 0 Å². The van der Waals surface area contributed by atoms with E-state index in [2.05, 4.69) is 25.8 Å². The average molecular weight is 367 g/mol. The van der Waals surface area contributed by atoms with E-state index in [1.807, 2.05) is 0 Å². The molecule has 0 fully saturated rings. The van der Waals surface area contributed by atoms with Crippen molar-refractivity contribution < 1.29 is 12.8 Å². The number of aromatic nitrogens is 2. The first-order valence-corrected chi connectivity index (χ1v) is 9.15. The Balaban J connectivity index is 2.25. The third-order valence-electron chi connectivity index (χ3n) is 3.24. The quantitative estimate of drug-likeness (QED) is 0.239. The molecule has 0 bridgehead atoms. The first-order valence-electron chi connectivity index (χ1n) is 7.09. The summed E-state index contributed by atoms with van der Waals surface area (Å²) in [6.07, 6.45) is 3.96. The summed E-state index contributed by atoms with van der Waals surface area (Å²) < 4.78 is 36.5. The fraction of sp³-hybridized carbons (Fsp3) is 0.214. The smallest absolute Gasteiger partial charge is 0.223 e. The number of nitrogens with two attached hydrogens (primary N) is 2. The molecule has 11 heteroatoms. The van der Waals surface area contributed by atoms with Crippen LogP contribution in [0, 0.1) is 5.82 Å². The van der Waals surface area contributed by atoms with Gasteiger partial charge in [-0.05, 0) is 17.7 Å². The highest BCUT2D eigenvalue weighted by molar-refractivity contribution is 7.90. The maximum atomic E-state index is 13.1. The van der Waals surface area contributed by atoms with Crippen molar-refractivity contribution in [3.8, 4) is 0 Å². The Morgan fingerprint density at radius 1 is 1.28 bits per heavy atom. The lowest BCUT2D eigenvalue weighted by Crippen LogP contribution is -2.32. The summed E-state index contributed by atoms with van der Waals surface area (Å²) in [5.41, 5.74) is 3.35. The van der Waals surface area contributed by atoms with Gasteiger partial charge in [0.25, 0.3) is 0 Å². The van der Waals surface area contributed by atoms with Gasteiger partial charge in [0.05, 0.1) is 17.4 Å². The molecule has 1 aromatic heterocycles. The molecule has 0 aliphatic heterocycles. The van der Waals surface area contributed by atoms with Crippen LogP contribution in [0.2, 0.25) is 0 Å². The van der Waals surface area contributed by atoms with E-state index >= 15 is 0 Å². The van der Waals surface area contributed by atoms with Gasteiger partial charge in [0.15, 0.2) is 5.84 Å².